The minimum absolute atomic E-state index is 0.106. The van der Waals surface area contributed by atoms with Crippen LogP contribution in [0.5, 0.6) is 0 Å². The maximum absolute atomic E-state index is 12.9. The maximum Gasteiger partial charge on any atom is 0.254 e. The van der Waals surface area contributed by atoms with Crippen molar-refractivity contribution in [1.29, 1.82) is 0 Å². The summed E-state index contributed by atoms with van der Waals surface area (Å²) < 4.78 is 0. The number of carbonyl (C=O) groups excluding carboxylic acids is 2. The van der Waals surface area contributed by atoms with Gasteiger partial charge >= 0.3 is 0 Å². The third kappa shape index (κ3) is 2.40. The molecule has 2 amide bonds. The molecule has 1 aromatic carbocycles. The standard InChI is InChI=1S/C22H25N3O2/c1-3-24(4-2)14-7-5-13(6-8-14)12-23-25-21(26)19-15-9-10-16(18-11-17(15)18)20(19)22(25)27/h5-10,12,15-20H,3-4,11H2,1-2H3/b23-12-/t15-,16-,17-,18-,19+,20+/m1/s1. The van der Waals surface area contributed by atoms with Crippen LogP contribution in [0.2, 0.25) is 0 Å². The molecule has 0 N–H and O–H groups in total. The second-order valence-corrected chi connectivity index (χ2v) is 8.15. The average molecular weight is 363 g/mol. The van der Waals surface area contributed by atoms with Gasteiger partial charge in [-0.1, -0.05) is 24.3 Å². The highest BCUT2D eigenvalue weighted by molar-refractivity contribution is 6.06. The molecular formula is C22H25N3O2. The van der Waals surface area contributed by atoms with Crippen LogP contribution in [-0.4, -0.2) is 36.1 Å². The lowest BCUT2D eigenvalue weighted by molar-refractivity contribution is -0.140. The van der Waals surface area contributed by atoms with Crippen LogP contribution in [0, 0.1) is 35.5 Å². The number of amides is 2. The van der Waals surface area contributed by atoms with Gasteiger partial charge < -0.3 is 4.90 Å². The van der Waals surface area contributed by atoms with Gasteiger partial charge in [-0.05, 0) is 61.6 Å². The predicted octanol–water partition coefficient (Wildman–Crippen LogP) is 2.92. The highest BCUT2D eigenvalue weighted by Gasteiger charge is 2.67. The van der Waals surface area contributed by atoms with Gasteiger partial charge in [0.15, 0.2) is 0 Å². The summed E-state index contributed by atoms with van der Waals surface area (Å²) in [6.45, 7) is 6.19. The maximum atomic E-state index is 12.9. The van der Waals surface area contributed by atoms with Crippen molar-refractivity contribution in [2.75, 3.05) is 18.0 Å². The molecule has 5 nitrogen and oxygen atoms in total. The molecule has 0 spiro atoms. The van der Waals surface area contributed by atoms with Gasteiger partial charge in [-0.3, -0.25) is 9.59 Å². The number of carbonyl (C=O) groups is 2. The molecule has 5 heteroatoms. The molecule has 0 unspecified atom stereocenters. The van der Waals surface area contributed by atoms with E-state index in [1.165, 1.54) is 12.1 Å². The topological polar surface area (TPSA) is 53.0 Å². The third-order valence-corrected chi connectivity index (χ3v) is 6.98. The summed E-state index contributed by atoms with van der Waals surface area (Å²) in [5.74, 6) is 1.16. The quantitative estimate of drug-likeness (QED) is 0.459. The van der Waals surface area contributed by atoms with E-state index >= 15 is 0 Å². The fraction of sp³-hybridized carbons (Fsp3) is 0.500. The van der Waals surface area contributed by atoms with Gasteiger partial charge in [-0.2, -0.15) is 10.1 Å². The number of anilines is 1. The number of allylic oxidation sites excluding steroid dienone is 2. The van der Waals surface area contributed by atoms with Crippen LogP contribution in [0.1, 0.15) is 25.8 Å². The Bertz CT molecular complexity index is 804. The van der Waals surface area contributed by atoms with Crippen LogP contribution in [0.15, 0.2) is 41.5 Å². The van der Waals surface area contributed by atoms with Gasteiger partial charge in [-0.15, -0.1) is 0 Å². The fourth-order valence-electron chi connectivity index (χ4n) is 5.54. The first kappa shape index (κ1) is 16.7. The molecule has 2 bridgehead atoms. The van der Waals surface area contributed by atoms with Crippen LogP contribution >= 0.6 is 0 Å². The van der Waals surface area contributed by atoms with Gasteiger partial charge in [0.25, 0.3) is 11.8 Å². The number of hydrogen-bond donors (Lipinski definition) is 0. The van der Waals surface area contributed by atoms with Gasteiger partial charge in [0.2, 0.25) is 0 Å². The Morgan fingerprint density at radius 3 is 2.07 bits per heavy atom. The normalized spacial score (nSPS) is 35.7. The van der Waals surface area contributed by atoms with E-state index in [4.69, 9.17) is 0 Å². The Hall–Kier alpha value is -2.43. The second-order valence-electron chi connectivity index (χ2n) is 8.15. The van der Waals surface area contributed by atoms with E-state index in [-0.39, 0.29) is 35.5 Å². The molecule has 0 radical (unpaired) electrons. The van der Waals surface area contributed by atoms with Crippen LogP contribution in [0.3, 0.4) is 0 Å². The molecule has 0 aromatic heterocycles. The minimum atomic E-state index is -0.182. The van der Waals surface area contributed by atoms with E-state index in [1.54, 1.807) is 6.21 Å². The first-order valence-corrected chi connectivity index (χ1v) is 10.1. The minimum Gasteiger partial charge on any atom is -0.372 e. The summed E-state index contributed by atoms with van der Waals surface area (Å²) in [4.78, 5) is 28.1. The van der Waals surface area contributed by atoms with Crippen molar-refractivity contribution in [2.24, 2.45) is 40.6 Å². The lowest BCUT2D eigenvalue weighted by Crippen LogP contribution is -2.40. The Balaban J connectivity index is 1.34. The van der Waals surface area contributed by atoms with Crippen LogP contribution in [0.25, 0.3) is 0 Å². The SMILES string of the molecule is CCN(CC)c1ccc(/C=N\N2C(=O)[C@H]3[C@@H]4C=C[C@H]([C@H]5C[C@H]45)[C@@H]3C2=O)cc1. The van der Waals surface area contributed by atoms with Gasteiger partial charge in [-0.25, -0.2) is 0 Å². The lowest BCUT2D eigenvalue weighted by atomic mass is 9.63. The molecule has 140 valence electrons. The van der Waals surface area contributed by atoms with E-state index in [0.29, 0.717) is 11.8 Å². The first-order valence-electron chi connectivity index (χ1n) is 10.1. The Morgan fingerprint density at radius 2 is 1.56 bits per heavy atom. The summed E-state index contributed by atoms with van der Waals surface area (Å²) >= 11 is 0. The number of hydrazone groups is 1. The highest BCUT2D eigenvalue weighted by atomic mass is 16.2. The van der Waals surface area contributed by atoms with Gasteiger partial charge in [0.1, 0.15) is 0 Å². The Morgan fingerprint density at radius 1 is 1.00 bits per heavy atom. The molecule has 1 aliphatic heterocycles. The molecule has 27 heavy (non-hydrogen) atoms. The zero-order valence-electron chi connectivity index (χ0n) is 15.8. The third-order valence-electron chi connectivity index (χ3n) is 6.98. The molecule has 1 aromatic rings. The first-order chi connectivity index (χ1) is 13.1. The van der Waals surface area contributed by atoms with Crippen molar-refractivity contribution in [2.45, 2.75) is 20.3 Å². The van der Waals surface area contributed by atoms with Gasteiger partial charge in [0, 0.05) is 18.8 Å². The molecule has 3 fully saturated rings. The summed E-state index contributed by atoms with van der Waals surface area (Å²) in [7, 11) is 0. The molecular weight excluding hydrogens is 338 g/mol. The zero-order valence-corrected chi connectivity index (χ0v) is 15.8. The molecule has 6 rings (SSSR count). The average Bonchev–Trinajstić information content (AvgIpc) is 3.47. The number of imide groups is 1. The van der Waals surface area contributed by atoms with E-state index < -0.39 is 0 Å². The number of benzene rings is 1. The van der Waals surface area contributed by atoms with Gasteiger partial charge in [0.05, 0.1) is 18.1 Å². The second kappa shape index (κ2) is 6.04. The number of nitrogens with zero attached hydrogens (tertiary/aromatic N) is 3. The van der Waals surface area contributed by atoms with Crippen LogP contribution in [0.4, 0.5) is 5.69 Å². The Kier molecular flexibility index (Phi) is 3.74. The van der Waals surface area contributed by atoms with Crippen molar-refractivity contribution in [3.63, 3.8) is 0 Å². The zero-order chi connectivity index (χ0) is 18.7. The van der Waals surface area contributed by atoms with Crippen molar-refractivity contribution in [3.8, 4) is 0 Å². The van der Waals surface area contributed by atoms with Crippen molar-refractivity contribution < 1.29 is 9.59 Å². The summed E-state index contributed by atoms with van der Waals surface area (Å²) in [6.07, 6.45) is 7.18. The smallest absolute Gasteiger partial charge is 0.254 e. The predicted molar refractivity (Wildman–Crippen MR) is 104 cm³/mol. The fourth-order valence-corrected chi connectivity index (χ4v) is 5.54. The Labute approximate surface area is 159 Å². The number of hydrogen-bond acceptors (Lipinski definition) is 4. The summed E-state index contributed by atoms with van der Waals surface area (Å²) in [6, 6.07) is 8.07. The molecule has 2 saturated carbocycles. The van der Waals surface area contributed by atoms with Crippen molar-refractivity contribution >= 4 is 23.7 Å². The van der Waals surface area contributed by atoms with E-state index in [0.717, 1.165) is 23.7 Å². The summed E-state index contributed by atoms with van der Waals surface area (Å²) in [5, 5.41) is 5.44. The molecule has 5 aliphatic rings. The monoisotopic (exact) mass is 363 g/mol. The van der Waals surface area contributed by atoms with Crippen molar-refractivity contribution in [3.05, 3.63) is 42.0 Å². The largest absolute Gasteiger partial charge is 0.372 e. The lowest BCUT2D eigenvalue weighted by Gasteiger charge is -2.37. The highest BCUT2D eigenvalue weighted by Crippen LogP contribution is 2.65. The molecule has 4 aliphatic carbocycles. The van der Waals surface area contributed by atoms with E-state index in [2.05, 4.69) is 48.1 Å². The summed E-state index contributed by atoms with van der Waals surface area (Å²) in [5.41, 5.74) is 2.06. The van der Waals surface area contributed by atoms with Crippen LogP contribution < -0.4 is 4.90 Å². The van der Waals surface area contributed by atoms with E-state index in [1.807, 2.05) is 12.1 Å². The van der Waals surface area contributed by atoms with Crippen LogP contribution in [-0.2, 0) is 9.59 Å². The molecule has 6 atom stereocenters. The number of rotatable bonds is 5. The van der Waals surface area contributed by atoms with Crippen molar-refractivity contribution in [1.82, 2.24) is 5.01 Å². The molecule has 1 saturated heterocycles. The molecule has 1 heterocycles. The van der Waals surface area contributed by atoms with E-state index in [9.17, 15) is 9.59 Å².